The molecule has 20 rings (SSSR count). The Balaban J connectivity index is 0.000000186. The highest BCUT2D eigenvalue weighted by Gasteiger charge is 2.36. The highest BCUT2D eigenvalue weighted by Crippen LogP contribution is 2.56. The maximum Gasteiger partial charge on any atom is 0.150 e. The van der Waals surface area contributed by atoms with Crippen molar-refractivity contribution in [2.45, 2.75) is 183 Å². The SMILES string of the molecule is CC(C)(C)c1ccc(-c2cc(F)cc(F)c2N(c2ccc([Si](C)(C)C)cc2)c2ccc3ccc4c(N(c5ccc([Si](C)(C)C)cc5)c5c(F)cc(F)cc5-c5cccc(C(C)(C)C)c5)ccc5ccc2c3c54)cc1.CC(C)(C)c1cccc(-c2cc(F)cc(F)c2N(c2ccc([Si](C)(C)C)cc2)c2ccc3ccc4c(N(c5ccc([Si](C)(C)C)cc5)c5c(F)cc(F)cc5-c5cccc(C(C)(C)C)c5)ccc5ccc2c3c54)c1. The second kappa shape index (κ2) is 38.3. The van der Waals surface area contributed by atoms with Crippen LogP contribution in [0.4, 0.5) is 103 Å². The van der Waals surface area contributed by atoms with Gasteiger partial charge in [0.15, 0.2) is 23.3 Å². The first-order chi connectivity index (χ1) is 69.7. The molecule has 0 N–H and O–H groups in total. The Morgan fingerprint density at radius 3 is 0.595 bits per heavy atom. The second-order valence-electron chi connectivity index (χ2n) is 48.2. The summed E-state index contributed by atoms with van der Waals surface area (Å²) in [4.78, 5) is 7.80. The molecule has 0 fully saturated rings. The van der Waals surface area contributed by atoms with Gasteiger partial charge < -0.3 is 19.6 Å². The number of hydrogen-bond donors (Lipinski definition) is 0. The molecule has 4 nitrogen and oxygen atoms in total. The van der Waals surface area contributed by atoms with Crippen molar-refractivity contribution in [1.29, 1.82) is 0 Å². The predicted molar refractivity (Wildman–Crippen MR) is 627 cm³/mol. The van der Waals surface area contributed by atoms with E-state index in [1.54, 1.807) is 0 Å². The fraction of sp³-hybridized carbons (Fsp3) is 0.212. The van der Waals surface area contributed by atoms with Gasteiger partial charge in [-0.05, 0) is 206 Å². The van der Waals surface area contributed by atoms with E-state index >= 15 is 35.1 Å². The molecule has 16 heteroatoms. The number of hydrogen-bond acceptors (Lipinski definition) is 4. The average molecular weight is 2030 g/mol. The van der Waals surface area contributed by atoms with Crippen LogP contribution in [0.1, 0.15) is 105 Å². The van der Waals surface area contributed by atoms with Crippen LogP contribution in [-0.4, -0.2) is 32.3 Å². The van der Waals surface area contributed by atoms with Crippen LogP contribution in [0.15, 0.2) is 340 Å². The van der Waals surface area contributed by atoms with Crippen molar-refractivity contribution in [3.05, 3.63) is 409 Å². The van der Waals surface area contributed by atoms with E-state index in [2.05, 4.69) is 350 Å². The third kappa shape index (κ3) is 19.8. The third-order valence-electron chi connectivity index (χ3n) is 29.4. The lowest BCUT2D eigenvalue weighted by Crippen LogP contribution is -2.37. The number of rotatable bonds is 20. The summed E-state index contributed by atoms with van der Waals surface area (Å²) in [5, 5.41) is 16.0. The van der Waals surface area contributed by atoms with Crippen molar-refractivity contribution in [1.82, 2.24) is 0 Å². The summed E-state index contributed by atoms with van der Waals surface area (Å²) < 4.78 is 132. The topological polar surface area (TPSA) is 13.0 Å². The lowest BCUT2D eigenvalue weighted by Gasteiger charge is -2.32. The largest absolute Gasteiger partial charge is 0.307 e. The van der Waals surface area contributed by atoms with E-state index in [0.29, 0.717) is 67.3 Å². The maximum atomic E-state index is 17.3. The van der Waals surface area contributed by atoms with Crippen LogP contribution in [0.3, 0.4) is 0 Å². The van der Waals surface area contributed by atoms with Gasteiger partial charge in [-0.2, -0.15) is 0 Å². The molecule has 0 bridgehead atoms. The van der Waals surface area contributed by atoms with Crippen LogP contribution < -0.4 is 40.3 Å². The molecule has 748 valence electrons. The predicted octanol–water partition coefficient (Wildman–Crippen LogP) is 38.2. The van der Waals surface area contributed by atoms with Gasteiger partial charge in [0.2, 0.25) is 0 Å². The van der Waals surface area contributed by atoms with Gasteiger partial charge in [-0.15, -0.1) is 0 Å². The van der Waals surface area contributed by atoms with Crippen molar-refractivity contribution in [2.75, 3.05) is 19.6 Å². The normalized spacial score (nSPS) is 12.6. The minimum atomic E-state index is -1.75. The van der Waals surface area contributed by atoms with Crippen LogP contribution in [0.5, 0.6) is 0 Å². The monoisotopic (exact) mass is 2030 g/mol. The van der Waals surface area contributed by atoms with Crippen LogP contribution in [0, 0.1) is 46.5 Å². The van der Waals surface area contributed by atoms with E-state index in [1.165, 1.54) is 45.0 Å². The van der Waals surface area contributed by atoms with E-state index < -0.39 is 78.8 Å². The van der Waals surface area contributed by atoms with Gasteiger partial charge in [-0.3, -0.25) is 0 Å². The molecule has 148 heavy (non-hydrogen) atoms. The van der Waals surface area contributed by atoms with E-state index in [9.17, 15) is 0 Å². The van der Waals surface area contributed by atoms with Gasteiger partial charge in [0, 0.05) is 90.8 Å². The van der Waals surface area contributed by atoms with E-state index in [0.717, 1.165) is 134 Å². The summed E-state index contributed by atoms with van der Waals surface area (Å²) in [6.45, 7) is 53.2. The van der Waals surface area contributed by atoms with Gasteiger partial charge in [0.05, 0.1) is 77.8 Å². The van der Waals surface area contributed by atoms with Crippen LogP contribution in [0.2, 0.25) is 78.6 Å². The van der Waals surface area contributed by atoms with Gasteiger partial charge in [-0.1, -0.05) is 401 Å². The Bertz CT molecular complexity index is 8250. The first-order valence-electron chi connectivity index (χ1n) is 51.2. The van der Waals surface area contributed by atoms with Crippen LogP contribution in [-0.2, 0) is 21.7 Å². The standard InChI is InChI=1S/2C66H64F4N2Si2/c1-65(2,3)45-17-13-15-43(35-45)55-37-47(67)39-57(69)63(55)71(49-23-27-51(28-24-49)73(7,8)9)59-33-21-41-20-32-54-60(34-22-42-19-31-53(59)61(41)62(42)54)72(50-25-29-52(30-26-50)74(10,11)12)64-56(38-48(68)40-58(64)70)44-16-14-18-46(36-44)66(4,5)6;1-65(2,3)45-22-16-41(17-23-45)55-37-47(67)39-57(69)63(55)71(49-24-28-51(29-25-49)73(7,8)9)59-34-20-42-19-33-54-60(35-21-43-18-32-53(59)61(42)62(43)54)72(50-26-30-52(31-27-50)74(10,11)12)64-56(38-48(68)40-58(64)70)44-14-13-15-46(36-44)66(4,5)6/h2*13-40H,1-12H3. The zero-order chi connectivity index (χ0) is 106. The minimum Gasteiger partial charge on any atom is -0.307 e. The molecule has 0 aliphatic carbocycles. The molecule has 0 aromatic heterocycles. The molecule has 0 heterocycles. The Morgan fingerprint density at radius 2 is 0.392 bits per heavy atom. The summed E-state index contributed by atoms with van der Waals surface area (Å²) in [5.41, 5.74) is 14.6. The average Bonchev–Trinajstić information content (AvgIpc) is 0.717. The van der Waals surface area contributed by atoms with Crippen molar-refractivity contribution >= 4 is 186 Å². The van der Waals surface area contributed by atoms with E-state index in [-0.39, 0.29) is 44.4 Å². The van der Waals surface area contributed by atoms with Gasteiger partial charge in [0.25, 0.3) is 0 Å². The molecule has 0 unspecified atom stereocenters. The number of benzene rings is 20. The summed E-state index contributed by atoms with van der Waals surface area (Å²) in [6, 6.07) is 108. The summed E-state index contributed by atoms with van der Waals surface area (Å²) in [6.07, 6.45) is 0. The van der Waals surface area contributed by atoms with Gasteiger partial charge in [-0.25, -0.2) is 35.1 Å². The quantitative estimate of drug-likeness (QED) is 0.0428. The Hall–Kier alpha value is -14.0. The van der Waals surface area contributed by atoms with Gasteiger partial charge >= 0.3 is 0 Å². The Labute approximate surface area is 870 Å². The molecule has 0 saturated heterocycles. The minimum absolute atomic E-state index is 0.122. The van der Waals surface area contributed by atoms with Crippen molar-refractivity contribution in [3.8, 4) is 44.5 Å². The summed E-state index contributed by atoms with van der Waals surface area (Å²) in [5.74, 6) is -5.42. The Morgan fingerprint density at radius 1 is 0.189 bits per heavy atom. The molecular formula is C132H128F8N4Si4. The number of nitrogens with zero attached hydrogens (tertiary/aromatic N) is 4. The molecule has 20 aromatic carbocycles. The molecule has 20 aromatic rings. The summed E-state index contributed by atoms with van der Waals surface area (Å²) >= 11 is 0. The highest BCUT2D eigenvalue weighted by atomic mass is 28.3. The number of halogens is 8. The molecule has 0 saturated carbocycles. The Kier molecular flexibility index (Phi) is 26.5. The van der Waals surface area contributed by atoms with Gasteiger partial charge in [0.1, 0.15) is 23.3 Å². The first kappa shape index (κ1) is 103. The van der Waals surface area contributed by atoms with Crippen LogP contribution >= 0.6 is 0 Å². The first-order valence-corrected chi connectivity index (χ1v) is 65.2. The second-order valence-corrected chi connectivity index (χ2v) is 68.5. The van der Waals surface area contributed by atoms with Crippen molar-refractivity contribution in [3.63, 3.8) is 0 Å². The third-order valence-corrected chi connectivity index (χ3v) is 37.6. The van der Waals surface area contributed by atoms with E-state index in [4.69, 9.17) is 0 Å². The lowest BCUT2D eigenvalue weighted by molar-refractivity contribution is 0.584. The van der Waals surface area contributed by atoms with Crippen molar-refractivity contribution in [2.24, 2.45) is 0 Å². The van der Waals surface area contributed by atoms with Crippen molar-refractivity contribution < 1.29 is 35.1 Å². The van der Waals surface area contributed by atoms with Crippen LogP contribution in [0.25, 0.3) is 109 Å². The fourth-order valence-electron chi connectivity index (χ4n) is 21.0. The molecule has 0 aliphatic heterocycles. The molecule has 0 spiro atoms. The molecule has 0 aliphatic rings. The molecule has 0 atom stereocenters. The fourth-order valence-corrected chi connectivity index (χ4v) is 25.6. The number of anilines is 12. The highest BCUT2D eigenvalue weighted by molar-refractivity contribution is 6.90. The van der Waals surface area contributed by atoms with E-state index in [1.807, 2.05) is 123 Å². The zero-order valence-electron chi connectivity index (χ0n) is 89.1. The maximum absolute atomic E-state index is 17.3. The summed E-state index contributed by atoms with van der Waals surface area (Å²) in [7, 11) is -6.98. The smallest absolute Gasteiger partial charge is 0.150 e. The molecular weight excluding hydrogens is 1910 g/mol. The molecule has 0 amide bonds. The molecule has 0 radical (unpaired) electrons. The zero-order valence-corrected chi connectivity index (χ0v) is 93.1. The lowest BCUT2D eigenvalue weighted by atomic mass is 9.85.